The van der Waals surface area contributed by atoms with Gasteiger partial charge in [0.15, 0.2) is 0 Å². The second-order valence-corrected chi connectivity index (χ2v) is 12.9. The average Bonchev–Trinajstić information content (AvgIpc) is 2.87. The molecule has 0 rings (SSSR count). The van der Waals surface area contributed by atoms with Gasteiger partial charge in [-0.2, -0.15) is 11.8 Å². The maximum atomic E-state index is 12.3. The normalized spacial score (nSPS) is 15.4. The molecule has 2 N–H and O–H groups in total. The van der Waals surface area contributed by atoms with Crippen molar-refractivity contribution in [3.05, 3.63) is 0 Å². The number of thioether (sulfide) groups is 1. The first-order chi connectivity index (χ1) is 17.3. The molecule has 0 bridgehead atoms. The summed E-state index contributed by atoms with van der Waals surface area (Å²) in [5, 5.41) is 17.7. The van der Waals surface area contributed by atoms with Crippen LogP contribution < -0.4 is 0 Å². The van der Waals surface area contributed by atoms with E-state index in [1.807, 2.05) is 25.6 Å². The molecule has 0 spiro atoms. The summed E-state index contributed by atoms with van der Waals surface area (Å²) in [5.74, 6) is -0.512. The molecule has 0 amide bonds. The summed E-state index contributed by atoms with van der Waals surface area (Å²) >= 11 is 1.89. The molecule has 0 aromatic rings. The molecule has 0 aliphatic rings. The van der Waals surface area contributed by atoms with Crippen molar-refractivity contribution < 1.29 is 28.8 Å². The Bertz CT molecular complexity index is 550. The van der Waals surface area contributed by atoms with Crippen LogP contribution in [0.5, 0.6) is 0 Å². The van der Waals surface area contributed by atoms with Gasteiger partial charge in [-0.1, -0.05) is 111 Å². The standard InChI is InChI=1S/C28H55O6PS/c1-5-8-10-12-13-14-15-16-18-20-23-36-26(21-19-17-11-9-6-2)25(4)33-24-28(31,27(29)30)35(32)34-22-7-3/h25-26,31H,5-24H2,1-4H3/p+1. The van der Waals surface area contributed by atoms with Crippen LogP contribution in [0.25, 0.3) is 0 Å². The number of rotatable bonds is 27. The Labute approximate surface area is 226 Å². The Balaban J connectivity index is 4.57. The van der Waals surface area contributed by atoms with Gasteiger partial charge in [0, 0.05) is 5.25 Å². The van der Waals surface area contributed by atoms with Gasteiger partial charge >= 0.3 is 19.3 Å². The minimum Gasteiger partial charge on any atom is -0.476 e. The summed E-state index contributed by atoms with van der Waals surface area (Å²) in [6.07, 6.45) is 20.5. The maximum Gasteiger partial charge on any atom is 0.558 e. The van der Waals surface area contributed by atoms with Gasteiger partial charge in [0.1, 0.15) is 13.2 Å². The zero-order valence-corrected chi connectivity index (χ0v) is 25.4. The van der Waals surface area contributed by atoms with Crippen LogP contribution in [0.15, 0.2) is 0 Å². The minimum absolute atomic E-state index is 0.134. The van der Waals surface area contributed by atoms with Crippen LogP contribution in [0, 0.1) is 0 Å². The van der Waals surface area contributed by atoms with Crippen LogP contribution in [0.4, 0.5) is 0 Å². The average molecular weight is 552 g/mol. The number of carboxylic acids is 1. The summed E-state index contributed by atoms with van der Waals surface area (Å²) < 4.78 is 23.2. The molecular formula is C28H56O6PS+. The van der Waals surface area contributed by atoms with E-state index < -0.39 is 25.9 Å². The van der Waals surface area contributed by atoms with Gasteiger partial charge in [-0.3, -0.25) is 0 Å². The Kier molecular flexibility index (Phi) is 23.8. The third-order valence-electron chi connectivity index (χ3n) is 6.55. The fourth-order valence-corrected chi connectivity index (χ4v) is 6.31. The second-order valence-electron chi connectivity index (χ2n) is 10.0. The molecule has 0 saturated heterocycles. The van der Waals surface area contributed by atoms with E-state index in [4.69, 9.17) is 9.26 Å². The first-order valence-corrected chi connectivity index (χ1v) is 16.8. The van der Waals surface area contributed by atoms with Crippen LogP contribution in [0.3, 0.4) is 0 Å². The molecular weight excluding hydrogens is 495 g/mol. The van der Waals surface area contributed by atoms with Gasteiger partial charge < -0.3 is 14.9 Å². The molecule has 0 saturated carbocycles. The molecule has 0 aliphatic heterocycles. The molecule has 214 valence electrons. The summed E-state index contributed by atoms with van der Waals surface area (Å²) in [6, 6.07) is 0. The number of carbonyl (C=O) groups is 1. The Hall–Kier alpha value is -0.200. The SMILES string of the molecule is CCCCCCCCCCCCSC(CCCCCCC)C(C)OCC(O)(C(=O)O)[P+](=O)OCCC. The molecule has 0 fully saturated rings. The topological polar surface area (TPSA) is 93.1 Å². The van der Waals surface area contributed by atoms with E-state index in [9.17, 15) is 19.6 Å². The third-order valence-corrected chi connectivity index (χ3v) is 9.46. The number of carboxylic acid groups (broad SMARTS) is 1. The lowest BCUT2D eigenvalue weighted by Gasteiger charge is -2.25. The second kappa shape index (κ2) is 23.9. The van der Waals surface area contributed by atoms with Crippen molar-refractivity contribution in [2.45, 2.75) is 154 Å². The van der Waals surface area contributed by atoms with E-state index >= 15 is 0 Å². The number of hydrogen-bond donors (Lipinski definition) is 2. The van der Waals surface area contributed by atoms with Gasteiger partial charge in [-0.05, 0) is 36.5 Å². The lowest BCUT2D eigenvalue weighted by Crippen LogP contribution is -2.42. The largest absolute Gasteiger partial charge is 0.558 e. The molecule has 0 aromatic heterocycles. The Morgan fingerprint density at radius 2 is 1.33 bits per heavy atom. The van der Waals surface area contributed by atoms with E-state index in [1.54, 1.807) is 0 Å². The van der Waals surface area contributed by atoms with Gasteiger partial charge in [-0.15, -0.1) is 4.52 Å². The van der Waals surface area contributed by atoms with Crippen molar-refractivity contribution in [2.75, 3.05) is 19.0 Å². The van der Waals surface area contributed by atoms with Crippen LogP contribution >= 0.6 is 19.8 Å². The molecule has 0 heterocycles. The first-order valence-electron chi connectivity index (χ1n) is 14.6. The molecule has 0 radical (unpaired) electrons. The van der Waals surface area contributed by atoms with Crippen molar-refractivity contribution in [3.8, 4) is 0 Å². The highest BCUT2D eigenvalue weighted by Gasteiger charge is 2.58. The van der Waals surface area contributed by atoms with Crippen molar-refractivity contribution in [3.63, 3.8) is 0 Å². The minimum atomic E-state index is -2.79. The summed E-state index contributed by atoms with van der Waals surface area (Å²) in [5.41, 5.74) is 0. The smallest absolute Gasteiger partial charge is 0.476 e. The molecule has 0 aromatic carbocycles. The van der Waals surface area contributed by atoms with Crippen molar-refractivity contribution in [1.29, 1.82) is 0 Å². The van der Waals surface area contributed by atoms with Crippen LogP contribution in [0.1, 0.15) is 137 Å². The first kappa shape index (κ1) is 35.8. The number of hydrogen-bond acceptors (Lipinski definition) is 6. The van der Waals surface area contributed by atoms with Gasteiger partial charge in [-0.25, -0.2) is 4.79 Å². The highest BCUT2D eigenvalue weighted by Crippen LogP contribution is 2.39. The number of aliphatic carboxylic acids is 1. The van der Waals surface area contributed by atoms with Gasteiger partial charge in [0.25, 0.3) is 0 Å². The predicted molar refractivity (Wildman–Crippen MR) is 153 cm³/mol. The lowest BCUT2D eigenvalue weighted by atomic mass is 10.1. The predicted octanol–water partition coefficient (Wildman–Crippen LogP) is 8.72. The number of aliphatic hydroxyl groups is 1. The fraction of sp³-hybridized carbons (Fsp3) is 0.964. The van der Waals surface area contributed by atoms with E-state index in [0.29, 0.717) is 6.42 Å². The third kappa shape index (κ3) is 17.3. The van der Waals surface area contributed by atoms with E-state index in [2.05, 4.69) is 13.8 Å². The maximum absolute atomic E-state index is 12.3. The molecule has 4 unspecified atom stereocenters. The molecule has 4 atom stereocenters. The van der Waals surface area contributed by atoms with Crippen molar-refractivity contribution >= 4 is 25.8 Å². The molecule has 36 heavy (non-hydrogen) atoms. The lowest BCUT2D eigenvalue weighted by molar-refractivity contribution is -0.156. The number of unbranched alkanes of at least 4 members (excludes halogenated alkanes) is 13. The summed E-state index contributed by atoms with van der Waals surface area (Å²) in [6.45, 7) is 7.83. The fourth-order valence-electron chi connectivity index (χ4n) is 4.06. The van der Waals surface area contributed by atoms with Crippen molar-refractivity contribution in [1.82, 2.24) is 0 Å². The van der Waals surface area contributed by atoms with Crippen LogP contribution in [-0.2, 0) is 18.6 Å². The highest BCUT2D eigenvalue weighted by atomic mass is 32.2. The highest BCUT2D eigenvalue weighted by molar-refractivity contribution is 7.99. The Morgan fingerprint density at radius 3 is 1.83 bits per heavy atom. The quantitative estimate of drug-likeness (QED) is 0.0779. The Morgan fingerprint density at radius 1 is 0.833 bits per heavy atom. The zero-order chi connectivity index (χ0) is 27.1. The van der Waals surface area contributed by atoms with Gasteiger partial charge in [0.2, 0.25) is 0 Å². The van der Waals surface area contributed by atoms with E-state index in [0.717, 1.165) is 18.6 Å². The van der Waals surface area contributed by atoms with Crippen molar-refractivity contribution in [2.24, 2.45) is 0 Å². The number of ether oxygens (including phenoxy) is 1. The van der Waals surface area contributed by atoms with E-state index in [1.165, 1.54) is 89.9 Å². The van der Waals surface area contributed by atoms with Gasteiger partial charge in [0.05, 0.1) is 6.10 Å². The monoisotopic (exact) mass is 551 g/mol. The molecule has 8 heteroatoms. The summed E-state index contributed by atoms with van der Waals surface area (Å²) in [7, 11) is -2.79. The van der Waals surface area contributed by atoms with E-state index in [-0.39, 0.29) is 18.0 Å². The zero-order valence-electron chi connectivity index (χ0n) is 23.7. The molecule has 0 aliphatic carbocycles. The van der Waals surface area contributed by atoms with Crippen LogP contribution in [0.2, 0.25) is 0 Å². The molecule has 6 nitrogen and oxygen atoms in total. The summed E-state index contributed by atoms with van der Waals surface area (Å²) in [4.78, 5) is 11.7. The van der Waals surface area contributed by atoms with Crippen LogP contribution in [-0.4, -0.2) is 51.8 Å².